The second kappa shape index (κ2) is 5.80. The summed E-state index contributed by atoms with van der Waals surface area (Å²) >= 11 is 1.80. The fraction of sp³-hybridized carbons (Fsp3) is 0.600. The minimum Gasteiger partial charge on any atom is -0.464 e. The quantitative estimate of drug-likeness (QED) is 0.568. The number of thioether (sulfide) groups is 1. The van der Waals surface area contributed by atoms with E-state index in [4.69, 9.17) is 4.74 Å². The summed E-state index contributed by atoms with van der Waals surface area (Å²) in [6, 6.07) is 0. The van der Waals surface area contributed by atoms with Gasteiger partial charge in [0.05, 0.1) is 13.3 Å². The van der Waals surface area contributed by atoms with E-state index in [0.717, 1.165) is 24.5 Å². The molecule has 0 unspecified atom stereocenters. The van der Waals surface area contributed by atoms with E-state index in [1.54, 1.807) is 18.0 Å². The first-order chi connectivity index (χ1) is 7.20. The van der Waals surface area contributed by atoms with Gasteiger partial charge in [0.15, 0.2) is 0 Å². The number of methoxy groups -OCH3 is 1. The summed E-state index contributed by atoms with van der Waals surface area (Å²) in [6.45, 7) is 2.71. The standard InChI is InChI=1S/C10H16N2O2S/c1-8-11-7-9(10(13)14-2)12(8)5-4-6-15-3/h7H,4-6H2,1-3H3. The van der Waals surface area contributed by atoms with Gasteiger partial charge in [0.1, 0.15) is 11.5 Å². The highest BCUT2D eigenvalue weighted by atomic mass is 32.2. The first kappa shape index (κ1) is 12.1. The van der Waals surface area contributed by atoms with Crippen molar-refractivity contribution in [3.05, 3.63) is 17.7 Å². The Labute approximate surface area is 94.0 Å². The van der Waals surface area contributed by atoms with Crippen LogP contribution in [0.3, 0.4) is 0 Å². The third kappa shape index (κ3) is 2.99. The Balaban J connectivity index is 2.75. The van der Waals surface area contributed by atoms with Gasteiger partial charge < -0.3 is 9.30 Å². The summed E-state index contributed by atoms with van der Waals surface area (Å²) in [5.74, 6) is 1.62. The van der Waals surface area contributed by atoms with Crippen molar-refractivity contribution in [2.24, 2.45) is 0 Å². The van der Waals surface area contributed by atoms with E-state index in [-0.39, 0.29) is 5.97 Å². The lowest BCUT2D eigenvalue weighted by Crippen LogP contribution is -2.12. The smallest absolute Gasteiger partial charge is 0.356 e. The van der Waals surface area contributed by atoms with Crippen molar-refractivity contribution in [2.75, 3.05) is 19.1 Å². The molecule has 0 aliphatic rings. The molecule has 1 aromatic heterocycles. The number of aryl methyl sites for hydroxylation is 1. The number of esters is 1. The molecule has 0 fully saturated rings. The van der Waals surface area contributed by atoms with Gasteiger partial charge in [-0.2, -0.15) is 11.8 Å². The van der Waals surface area contributed by atoms with Crippen molar-refractivity contribution in [1.82, 2.24) is 9.55 Å². The van der Waals surface area contributed by atoms with E-state index in [0.29, 0.717) is 5.69 Å². The summed E-state index contributed by atoms with van der Waals surface area (Å²) in [4.78, 5) is 15.5. The molecule has 0 atom stereocenters. The second-order valence-corrected chi connectivity index (χ2v) is 4.17. The Bertz CT molecular complexity index is 336. The first-order valence-corrected chi connectivity index (χ1v) is 6.19. The van der Waals surface area contributed by atoms with E-state index in [1.807, 2.05) is 11.5 Å². The summed E-state index contributed by atoms with van der Waals surface area (Å²) in [5, 5.41) is 0. The maximum atomic E-state index is 11.4. The molecular formula is C10H16N2O2S. The second-order valence-electron chi connectivity index (χ2n) is 3.18. The number of carbonyl (C=O) groups is 1. The topological polar surface area (TPSA) is 44.1 Å². The van der Waals surface area contributed by atoms with Crippen molar-refractivity contribution >= 4 is 17.7 Å². The van der Waals surface area contributed by atoms with Crippen molar-refractivity contribution in [2.45, 2.75) is 19.9 Å². The van der Waals surface area contributed by atoms with Gasteiger partial charge in [0.25, 0.3) is 0 Å². The lowest BCUT2D eigenvalue weighted by atomic mass is 10.4. The normalized spacial score (nSPS) is 10.3. The van der Waals surface area contributed by atoms with E-state index in [9.17, 15) is 4.79 Å². The number of nitrogens with zero attached hydrogens (tertiary/aromatic N) is 2. The highest BCUT2D eigenvalue weighted by Gasteiger charge is 2.13. The molecule has 0 radical (unpaired) electrons. The molecule has 84 valence electrons. The SMILES string of the molecule is COC(=O)c1cnc(C)n1CCCSC. The predicted octanol–water partition coefficient (Wildman–Crippen LogP) is 1.73. The van der Waals surface area contributed by atoms with E-state index in [1.165, 1.54) is 7.11 Å². The van der Waals surface area contributed by atoms with Crippen LogP contribution in [0.1, 0.15) is 22.7 Å². The van der Waals surface area contributed by atoms with Gasteiger partial charge in [0, 0.05) is 6.54 Å². The zero-order valence-corrected chi connectivity index (χ0v) is 10.1. The lowest BCUT2D eigenvalue weighted by Gasteiger charge is -2.07. The van der Waals surface area contributed by atoms with Crippen LogP contribution < -0.4 is 0 Å². The third-order valence-electron chi connectivity index (χ3n) is 2.18. The zero-order valence-electron chi connectivity index (χ0n) is 9.32. The molecule has 1 heterocycles. The van der Waals surface area contributed by atoms with Gasteiger partial charge in [0.2, 0.25) is 0 Å². The molecule has 5 heteroatoms. The van der Waals surface area contributed by atoms with Crippen LogP contribution in [0.4, 0.5) is 0 Å². The maximum Gasteiger partial charge on any atom is 0.356 e. The largest absolute Gasteiger partial charge is 0.464 e. The van der Waals surface area contributed by atoms with Crippen molar-refractivity contribution in [1.29, 1.82) is 0 Å². The number of carbonyl (C=O) groups excluding carboxylic acids is 1. The molecule has 0 amide bonds. The molecule has 0 aliphatic heterocycles. The van der Waals surface area contributed by atoms with Crippen LogP contribution >= 0.6 is 11.8 Å². The van der Waals surface area contributed by atoms with E-state index in [2.05, 4.69) is 11.2 Å². The number of hydrogen-bond acceptors (Lipinski definition) is 4. The Morgan fingerprint density at radius 2 is 2.40 bits per heavy atom. The molecule has 0 saturated heterocycles. The van der Waals surface area contributed by atoms with Crippen LogP contribution in [0.25, 0.3) is 0 Å². The van der Waals surface area contributed by atoms with Gasteiger partial charge in [-0.3, -0.25) is 0 Å². The van der Waals surface area contributed by atoms with Crippen LogP contribution in [-0.2, 0) is 11.3 Å². The molecule has 0 N–H and O–H groups in total. The van der Waals surface area contributed by atoms with Gasteiger partial charge in [-0.25, -0.2) is 9.78 Å². The molecular weight excluding hydrogens is 212 g/mol. The zero-order chi connectivity index (χ0) is 11.3. The number of rotatable bonds is 5. The molecule has 1 aromatic rings. The molecule has 0 spiro atoms. The first-order valence-electron chi connectivity index (χ1n) is 4.80. The number of hydrogen-bond donors (Lipinski definition) is 0. The van der Waals surface area contributed by atoms with Crippen LogP contribution in [-0.4, -0.2) is 34.6 Å². The Hall–Kier alpha value is -0.970. The maximum absolute atomic E-state index is 11.4. The minimum absolute atomic E-state index is 0.320. The fourth-order valence-electron chi connectivity index (χ4n) is 1.38. The molecule has 4 nitrogen and oxygen atoms in total. The van der Waals surface area contributed by atoms with Gasteiger partial charge >= 0.3 is 5.97 Å². The van der Waals surface area contributed by atoms with Crippen LogP contribution in [0, 0.1) is 6.92 Å². The molecule has 0 bridgehead atoms. The molecule has 0 aromatic carbocycles. The highest BCUT2D eigenvalue weighted by molar-refractivity contribution is 7.98. The van der Waals surface area contributed by atoms with Crippen LogP contribution in [0.5, 0.6) is 0 Å². The number of ether oxygens (including phenoxy) is 1. The monoisotopic (exact) mass is 228 g/mol. The van der Waals surface area contributed by atoms with Gasteiger partial charge in [-0.05, 0) is 25.4 Å². The minimum atomic E-state index is -0.320. The van der Waals surface area contributed by atoms with Crippen molar-refractivity contribution in [3.63, 3.8) is 0 Å². The summed E-state index contributed by atoms with van der Waals surface area (Å²) in [7, 11) is 1.39. The Morgan fingerprint density at radius 3 is 3.00 bits per heavy atom. The number of imidazole rings is 1. The molecule has 0 aliphatic carbocycles. The van der Waals surface area contributed by atoms with Gasteiger partial charge in [-0.1, -0.05) is 0 Å². The summed E-state index contributed by atoms with van der Waals surface area (Å²) < 4.78 is 6.60. The Kier molecular flexibility index (Phi) is 4.68. The molecule has 15 heavy (non-hydrogen) atoms. The Morgan fingerprint density at radius 1 is 1.67 bits per heavy atom. The molecule has 0 saturated carbocycles. The lowest BCUT2D eigenvalue weighted by molar-refractivity contribution is 0.0588. The van der Waals surface area contributed by atoms with Crippen molar-refractivity contribution in [3.8, 4) is 0 Å². The number of aromatic nitrogens is 2. The molecule has 1 rings (SSSR count). The van der Waals surface area contributed by atoms with Crippen molar-refractivity contribution < 1.29 is 9.53 Å². The highest BCUT2D eigenvalue weighted by Crippen LogP contribution is 2.08. The van der Waals surface area contributed by atoms with E-state index >= 15 is 0 Å². The van der Waals surface area contributed by atoms with E-state index < -0.39 is 0 Å². The summed E-state index contributed by atoms with van der Waals surface area (Å²) in [6.07, 6.45) is 4.67. The fourth-order valence-corrected chi connectivity index (χ4v) is 1.80. The predicted molar refractivity (Wildman–Crippen MR) is 61.3 cm³/mol. The van der Waals surface area contributed by atoms with Gasteiger partial charge in [-0.15, -0.1) is 0 Å². The van der Waals surface area contributed by atoms with Crippen LogP contribution in [0.15, 0.2) is 6.20 Å². The average molecular weight is 228 g/mol. The average Bonchev–Trinajstić information content (AvgIpc) is 2.60. The summed E-state index contributed by atoms with van der Waals surface area (Å²) in [5.41, 5.74) is 0.538. The third-order valence-corrected chi connectivity index (χ3v) is 2.88. The van der Waals surface area contributed by atoms with Crippen LogP contribution in [0.2, 0.25) is 0 Å².